The molecule has 2 atom stereocenters. The predicted molar refractivity (Wildman–Crippen MR) is 77.9 cm³/mol. The third kappa shape index (κ3) is 3.93. The van der Waals surface area contributed by atoms with E-state index in [0.29, 0.717) is 12.1 Å². The fourth-order valence-corrected chi connectivity index (χ4v) is 3.88. The summed E-state index contributed by atoms with van der Waals surface area (Å²) < 4.78 is 24.4. The van der Waals surface area contributed by atoms with Crippen molar-refractivity contribution in [2.75, 3.05) is 32.9 Å². The summed E-state index contributed by atoms with van der Waals surface area (Å²) in [6, 6.07) is 0.789. The summed E-state index contributed by atoms with van der Waals surface area (Å²) in [6.45, 7) is 2.12. The summed E-state index contributed by atoms with van der Waals surface area (Å²) in [7, 11) is -1.08. The van der Waals surface area contributed by atoms with Gasteiger partial charge in [0.05, 0.1) is 6.26 Å². The molecule has 0 saturated carbocycles. The van der Waals surface area contributed by atoms with E-state index in [1.807, 2.05) is 4.90 Å². The summed E-state index contributed by atoms with van der Waals surface area (Å²) in [6.07, 6.45) is 5.85. The number of sulfonamides is 1. The normalized spacial score (nSPS) is 28.2. The lowest BCUT2D eigenvalue weighted by Gasteiger charge is -2.33. The van der Waals surface area contributed by atoms with E-state index in [9.17, 15) is 13.2 Å². The summed E-state index contributed by atoms with van der Waals surface area (Å²) in [5.74, 6) is 0.0731. The number of likely N-dealkylation sites (tertiary alicyclic amines) is 2. The maximum absolute atomic E-state index is 12.3. The second kappa shape index (κ2) is 6.41. The van der Waals surface area contributed by atoms with Gasteiger partial charge >= 0.3 is 0 Å². The molecular weight excluding hydrogens is 278 g/mol. The number of rotatable bonds is 5. The number of likely N-dealkylation sites (N-methyl/N-ethyl adjacent to an activating group) is 1. The van der Waals surface area contributed by atoms with Gasteiger partial charge in [-0.1, -0.05) is 0 Å². The first-order chi connectivity index (χ1) is 9.38. The summed E-state index contributed by atoms with van der Waals surface area (Å²) in [4.78, 5) is 16.6. The quantitative estimate of drug-likeness (QED) is 0.777. The van der Waals surface area contributed by atoms with Crippen LogP contribution in [0.25, 0.3) is 0 Å². The Hall–Kier alpha value is -0.660. The van der Waals surface area contributed by atoms with E-state index >= 15 is 0 Å². The van der Waals surface area contributed by atoms with Crippen molar-refractivity contribution in [3.05, 3.63) is 0 Å². The van der Waals surface area contributed by atoms with Gasteiger partial charge in [-0.2, -0.15) is 0 Å². The van der Waals surface area contributed by atoms with Crippen LogP contribution in [0.2, 0.25) is 0 Å². The highest BCUT2D eigenvalue weighted by molar-refractivity contribution is 7.88. The molecule has 20 heavy (non-hydrogen) atoms. The van der Waals surface area contributed by atoms with Crippen molar-refractivity contribution in [3.8, 4) is 0 Å². The molecule has 0 aromatic rings. The number of hydrogen-bond donors (Lipinski definition) is 1. The topological polar surface area (TPSA) is 69.7 Å². The Balaban J connectivity index is 1.88. The van der Waals surface area contributed by atoms with Gasteiger partial charge in [-0.15, -0.1) is 0 Å². The molecule has 2 fully saturated rings. The van der Waals surface area contributed by atoms with Crippen LogP contribution in [0.3, 0.4) is 0 Å². The zero-order valence-electron chi connectivity index (χ0n) is 12.3. The van der Waals surface area contributed by atoms with Crippen LogP contribution in [0.1, 0.15) is 32.1 Å². The van der Waals surface area contributed by atoms with Crippen LogP contribution in [0.15, 0.2) is 0 Å². The highest BCUT2D eigenvalue weighted by Crippen LogP contribution is 2.29. The van der Waals surface area contributed by atoms with Crippen LogP contribution in [0, 0.1) is 0 Å². The number of nitrogens with zero attached hydrogens (tertiary/aromatic N) is 2. The summed E-state index contributed by atoms with van der Waals surface area (Å²) in [5.41, 5.74) is 0. The van der Waals surface area contributed by atoms with Gasteiger partial charge in [0.1, 0.15) is 0 Å². The first-order valence-electron chi connectivity index (χ1n) is 7.33. The van der Waals surface area contributed by atoms with Gasteiger partial charge in [0, 0.05) is 31.6 Å². The van der Waals surface area contributed by atoms with Gasteiger partial charge in [-0.05, 0) is 39.3 Å². The van der Waals surface area contributed by atoms with Gasteiger partial charge in [0.25, 0.3) is 0 Å². The maximum Gasteiger partial charge on any atom is 0.224 e. The Morgan fingerprint density at radius 1 is 1.20 bits per heavy atom. The van der Waals surface area contributed by atoms with Gasteiger partial charge in [0.15, 0.2) is 0 Å². The van der Waals surface area contributed by atoms with Crippen molar-refractivity contribution < 1.29 is 13.2 Å². The monoisotopic (exact) mass is 303 g/mol. The molecule has 0 bridgehead atoms. The third-order valence-corrected chi connectivity index (χ3v) is 5.07. The van der Waals surface area contributed by atoms with Crippen molar-refractivity contribution in [2.24, 2.45) is 0 Å². The predicted octanol–water partition coefficient (Wildman–Crippen LogP) is 0.0109. The van der Waals surface area contributed by atoms with Crippen LogP contribution in [0.4, 0.5) is 0 Å². The highest BCUT2D eigenvalue weighted by Gasteiger charge is 2.37. The molecule has 0 aromatic carbocycles. The Bertz CT molecular complexity index is 452. The minimum absolute atomic E-state index is 0.0731. The second-order valence-electron chi connectivity index (χ2n) is 5.90. The molecule has 0 aromatic heterocycles. The molecule has 0 unspecified atom stereocenters. The smallest absolute Gasteiger partial charge is 0.224 e. The molecule has 2 rings (SSSR count). The Kier molecular flexibility index (Phi) is 5.04. The molecule has 2 saturated heterocycles. The average molecular weight is 303 g/mol. The largest absolute Gasteiger partial charge is 0.338 e. The van der Waals surface area contributed by atoms with Crippen molar-refractivity contribution >= 4 is 15.9 Å². The molecule has 0 aliphatic carbocycles. The van der Waals surface area contributed by atoms with E-state index in [1.165, 1.54) is 6.42 Å². The molecule has 2 aliphatic rings. The minimum atomic E-state index is -3.21. The molecule has 2 aliphatic heterocycles. The van der Waals surface area contributed by atoms with E-state index in [-0.39, 0.29) is 18.9 Å². The maximum atomic E-state index is 12.3. The van der Waals surface area contributed by atoms with Crippen molar-refractivity contribution in [1.82, 2.24) is 14.5 Å². The SMILES string of the molecule is CN1CCC[C@@H]1[C@@H]1CCCN1C(=O)CCNS(C)(=O)=O. The fourth-order valence-electron chi connectivity index (χ4n) is 3.41. The van der Waals surface area contributed by atoms with Gasteiger partial charge in [-0.25, -0.2) is 13.1 Å². The van der Waals surface area contributed by atoms with Gasteiger partial charge in [-0.3, -0.25) is 4.79 Å². The van der Waals surface area contributed by atoms with E-state index < -0.39 is 10.0 Å². The number of nitrogens with one attached hydrogen (secondary N) is 1. The molecule has 0 radical (unpaired) electrons. The Morgan fingerprint density at radius 3 is 2.45 bits per heavy atom. The van der Waals surface area contributed by atoms with E-state index in [2.05, 4.69) is 16.7 Å². The molecule has 0 spiro atoms. The molecule has 2 heterocycles. The van der Waals surface area contributed by atoms with Crippen LogP contribution in [-0.2, 0) is 14.8 Å². The fraction of sp³-hybridized carbons (Fsp3) is 0.923. The van der Waals surface area contributed by atoms with Crippen LogP contribution < -0.4 is 4.72 Å². The number of amides is 1. The van der Waals surface area contributed by atoms with E-state index in [4.69, 9.17) is 0 Å². The lowest BCUT2D eigenvalue weighted by Crippen LogP contribution is -2.47. The Morgan fingerprint density at radius 2 is 1.85 bits per heavy atom. The van der Waals surface area contributed by atoms with E-state index in [1.54, 1.807) is 0 Å². The van der Waals surface area contributed by atoms with Crippen LogP contribution in [0.5, 0.6) is 0 Å². The number of carbonyl (C=O) groups excluding carboxylic acids is 1. The zero-order valence-corrected chi connectivity index (χ0v) is 13.2. The Labute approximate surface area is 121 Å². The highest BCUT2D eigenvalue weighted by atomic mass is 32.2. The lowest BCUT2D eigenvalue weighted by molar-refractivity contribution is -0.132. The molecule has 7 heteroatoms. The first kappa shape index (κ1) is 15.7. The summed E-state index contributed by atoms with van der Waals surface area (Å²) >= 11 is 0. The number of carbonyl (C=O) groups is 1. The van der Waals surface area contributed by atoms with Crippen molar-refractivity contribution in [3.63, 3.8) is 0 Å². The first-order valence-corrected chi connectivity index (χ1v) is 9.22. The van der Waals surface area contributed by atoms with Gasteiger partial charge < -0.3 is 9.80 Å². The molecular formula is C13H25N3O3S. The minimum Gasteiger partial charge on any atom is -0.338 e. The van der Waals surface area contributed by atoms with Crippen LogP contribution >= 0.6 is 0 Å². The van der Waals surface area contributed by atoms with Crippen LogP contribution in [-0.4, -0.2) is 69.1 Å². The lowest BCUT2D eigenvalue weighted by atomic mass is 10.0. The standard InChI is InChI=1S/C13H25N3O3S/c1-15-9-3-5-11(15)12-6-4-10-16(12)13(17)7-8-14-20(2,18)19/h11-12,14H,3-10H2,1-2H3/t11-,12+/m1/s1. The molecule has 116 valence electrons. The molecule has 1 N–H and O–H groups in total. The molecule has 6 nitrogen and oxygen atoms in total. The number of hydrogen-bond acceptors (Lipinski definition) is 4. The zero-order chi connectivity index (χ0) is 14.8. The van der Waals surface area contributed by atoms with E-state index in [0.717, 1.165) is 38.6 Å². The second-order valence-corrected chi connectivity index (χ2v) is 7.74. The summed E-state index contributed by atoms with van der Waals surface area (Å²) in [5, 5.41) is 0. The van der Waals surface area contributed by atoms with Crippen molar-refractivity contribution in [2.45, 2.75) is 44.2 Å². The third-order valence-electron chi connectivity index (χ3n) is 4.34. The van der Waals surface area contributed by atoms with Crippen molar-refractivity contribution in [1.29, 1.82) is 0 Å². The average Bonchev–Trinajstić information content (AvgIpc) is 2.94. The molecule has 1 amide bonds. The van der Waals surface area contributed by atoms with Gasteiger partial charge in [0.2, 0.25) is 15.9 Å².